The van der Waals surface area contributed by atoms with E-state index < -0.39 is 37.0 Å². The Kier molecular flexibility index (Phi) is 14.2. The molecule has 0 radical (unpaired) electrons. The SMILES string of the molecule is CCc1ccccc1C1CN(Cc2ccc(OC)cc2)CCN1C1CC2(CCN(c3ccc(C(=O)NS(=O)(=O)c4ccc(NC[C@H]5CC[C@](C)(O)CC5)c([N+](=O)[O-])c4)c(Oc4cnc5[nH]ccc5c4)c3)CC2)C1. The number of amides is 1. The molecule has 4 N–H and O–H groups in total. The van der Waals surface area contributed by atoms with E-state index in [0.29, 0.717) is 42.9 Å². The Morgan fingerprint density at radius 3 is 2.44 bits per heavy atom. The van der Waals surface area contributed by atoms with Gasteiger partial charge < -0.3 is 29.8 Å². The number of carbonyl (C=O) groups excluding carboxylic acids is 1. The molecule has 4 aromatic carbocycles. The molecule has 10 rings (SSSR count). The third kappa shape index (κ3) is 11.1. The van der Waals surface area contributed by atoms with E-state index in [1.807, 2.05) is 31.2 Å². The molecule has 1 amide bonds. The van der Waals surface area contributed by atoms with Gasteiger partial charge in [0, 0.05) is 87.3 Å². The summed E-state index contributed by atoms with van der Waals surface area (Å²) in [6.45, 7) is 10.0. The number of fused-ring (bicyclic) bond motifs is 1. The van der Waals surface area contributed by atoms with E-state index in [1.165, 1.54) is 28.8 Å². The number of anilines is 2. The number of aromatic nitrogens is 2. The van der Waals surface area contributed by atoms with Crippen LogP contribution in [-0.2, 0) is 23.0 Å². The molecule has 2 saturated carbocycles. The minimum absolute atomic E-state index is 0.0284. The van der Waals surface area contributed by atoms with Gasteiger partial charge in [0.15, 0.2) is 0 Å². The number of pyridine rings is 1. The van der Waals surface area contributed by atoms with Gasteiger partial charge in [-0.05, 0) is 141 Å². The average molecular weight is 1010 g/mol. The highest BCUT2D eigenvalue weighted by atomic mass is 32.2. The number of methoxy groups -OCH3 is 1. The summed E-state index contributed by atoms with van der Waals surface area (Å²) in [5.41, 5.74) is 4.88. The number of piperidine rings is 1. The van der Waals surface area contributed by atoms with Gasteiger partial charge in [0.2, 0.25) is 0 Å². The zero-order valence-electron chi connectivity index (χ0n) is 41.9. The van der Waals surface area contributed by atoms with Gasteiger partial charge in [0.25, 0.3) is 21.6 Å². The van der Waals surface area contributed by atoms with E-state index in [9.17, 15) is 28.4 Å². The van der Waals surface area contributed by atoms with Gasteiger partial charge in [0.05, 0.1) is 34.3 Å². The van der Waals surface area contributed by atoms with Gasteiger partial charge in [-0.25, -0.2) is 18.1 Å². The molecule has 2 aromatic heterocycles. The van der Waals surface area contributed by atoms with E-state index >= 15 is 0 Å². The van der Waals surface area contributed by atoms with Crippen LogP contribution in [0.3, 0.4) is 0 Å². The Balaban J connectivity index is 0.826. The summed E-state index contributed by atoms with van der Waals surface area (Å²) < 4.78 is 41.6. The first-order chi connectivity index (χ1) is 35.2. The smallest absolute Gasteiger partial charge is 0.293 e. The maximum absolute atomic E-state index is 14.1. The first-order valence-corrected chi connectivity index (χ1v) is 27.2. The normalized spacial score (nSPS) is 21.7. The van der Waals surface area contributed by atoms with E-state index in [4.69, 9.17) is 9.47 Å². The van der Waals surface area contributed by atoms with Crippen molar-refractivity contribution < 1.29 is 32.7 Å². The molecule has 1 unspecified atom stereocenters. The third-order valence-corrected chi connectivity index (χ3v) is 17.5. The predicted octanol–water partition coefficient (Wildman–Crippen LogP) is 9.61. The van der Waals surface area contributed by atoms with Gasteiger partial charge in [0.1, 0.15) is 28.6 Å². The molecule has 4 aliphatic rings. The second kappa shape index (κ2) is 20.8. The number of aromatic amines is 1. The minimum Gasteiger partial charge on any atom is -0.497 e. The van der Waals surface area contributed by atoms with Crippen LogP contribution in [0, 0.1) is 21.4 Å². The van der Waals surface area contributed by atoms with Crippen molar-refractivity contribution in [3.8, 4) is 17.2 Å². The van der Waals surface area contributed by atoms with Crippen molar-refractivity contribution in [3.63, 3.8) is 0 Å². The summed E-state index contributed by atoms with van der Waals surface area (Å²) in [4.78, 5) is 40.5. The molecule has 2 aliphatic heterocycles. The Bertz CT molecular complexity index is 3060. The first kappa shape index (κ1) is 50.0. The van der Waals surface area contributed by atoms with Crippen LogP contribution in [0.15, 0.2) is 114 Å². The van der Waals surface area contributed by atoms with Gasteiger partial charge in [-0.2, -0.15) is 0 Å². The number of carbonyl (C=O) groups is 1. The largest absolute Gasteiger partial charge is 0.497 e. The molecule has 1 spiro atoms. The number of sulfonamides is 1. The topological polar surface area (TPSA) is 195 Å². The van der Waals surface area contributed by atoms with Crippen LogP contribution in [0.5, 0.6) is 17.2 Å². The van der Waals surface area contributed by atoms with Crippen LogP contribution in [0.1, 0.15) is 98.3 Å². The fraction of sp³-hybridized carbons (Fsp3) is 0.429. The summed E-state index contributed by atoms with van der Waals surface area (Å²) in [5.74, 6) is 0.623. The number of aliphatic hydroxyl groups is 1. The second-order valence-electron chi connectivity index (χ2n) is 21.0. The van der Waals surface area contributed by atoms with Crippen molar-refractivity contribution in [1.82, 2.24) is 24.5 Å². The Labute approximate surface area is 427 Å². The lowest BCUT2D eigenvalue weighted by atomic mass is 9.59. The Morgan fingerprint density at radius 2 is 1.70 bits per heavy atom. The number of aryl methyl sites for hydroxylation is 1. The summed E-state index contributed by atoms with van der Waals surface area (Å²) in [6.07, 6.45) is 11.4. The van der Waals surface area contributed by atoms with Gasteiger partial charge in [-0.3, -0.25) is 24.7 Å². The van der Waals surface area contributed by atoms with Crippen molar-refractivity contribution in [2.75, 3.05) is 56.6 Å². The molecular formula is C56H66N8O8S. The highest BCUT2D eigenvalue weighted by Gasteiger charge is 2.50. The third-order valence-electron chi connectivity index (χ3n) is 16.1. The Hall–Kier alpha value is -6.53. The maximum Gasteiger partial charge on any atom is 0.293 e. The first-order valence-electron chi connectivity index (χ1n) is 25.7. The van der Waals surface area contributed by atoms with E-state index in [1.54, 1.807) is 37.7 Å². The van der Waals surface area contributed by atoms with Crippen molar-refractivity contribution in [2.45, 2.75) is 101 Å². The quantitative estimate of drug-likeness (QED) is 0.0529. The van der Waals surface area contributed by atoms with Crippen LogP contribution in [-0.4, -0.2) is 102 Å². The molecule has 6 aromatic rings. The minimum atomic E-state index is -4.59. The summed E-state index contributed by atoms with van der Waals surface area (Å²) in [7, 11) is -2.88. The standard InChI is InChI=1S/C56H66N8O8S/c1-4-40-7-5-6-8-47(40)51-37-61(36-39-9-12-44(71-3)13-10-39)27-28-63(51)43-32-56(33-43)22-25-62(26-23-56)42-11-15-48(52(30-42)72-45-29-41-19-24-57-53(41)59-35-45)54(65)60-73(69,70)46-14-16-49(50(31-46)64(67)68)58-34-38-17-20-55(2,66)21-18-38/h5-16,19,24,29-31,35,38,43,51,58,66H,4,17-18,20-23,25-28,32-34,36-37H2,1-3H3,(H,57,59)(H,60,65)/t38-,51?,55-. The van der Waals surface area contributed by atoms with Crippen LogP contribution in [0.25, 0.3) is 11.0 Å². The van der Waals surface area contributed by atoms with Gasteiger partial charge in [-0.1, -0.05) is 43.3 Å². The van der Waals surface area contributed by atoms with Crippen LogP contribution in [0.4, 0.5) is 17.1 Å². The van der Waals surface area contributed by atoms with Crippen molar-refractivity contribution in [3.05, 3.63) is 142 Å². The number of nitro benzene ring substituents is 1. The summed E-state index contributed by atoms with van der Waals surface area (Å²) in [6, 6.07) is 30.6. The molecule has 4 fully saturated rings. The summed E-state index contributed by atoms with van der Waals surface area (Å²) in [5, 5.41) is 26.5. The zero-order valence-corrected chi connectivity index (χ0v) is 42.7. The maximum atomic E-state index is 14.1. The monoisotopic (exact) mass is 1010 g/mol. The molecule has 4 heterocycles. The van der Waals surface area contributed by atoms with Crippen molar-refractivity contribution in [2.24, 2.45) is 11.3 Å². The lowest BCUT2D eigenvalue weighted by Gasteiger charge is -2.58. The zero-order chi connectivity index (χ0) is 50.9. The number of hydrogen-bond donors (Lipinski definition) is 4. The van der Waals surface area contributed by atoms with E-state index in [0.717, 1.165) is 107 Å². The van der Waals surface area contributed by atoms with Crippen molar-refractivity contribution >= 4 is 44.0 Å². The van der Waals surface area contributed by atoms with Crippen LogP contribution < -0.4 is 24.4 Å². The fourth-order valence-electron chi connectivity index (χ4n) is 11.8. The predicted molar refractivity (Wildman–Crippen MR) is 282 cm³/mol. The lowest BCUT2D eigenvalue weighted by Crippen LogP contribution is -2.59. The molecular weight excluding hydrogens is 945 g/mol. The van der Waals surface area contributed by atoms with Gasteiger partial charge >= 0.3 is 0 Å². The number of H-pyrrole nitrogens is 1. The van der Waals surface area contributed by atoms with Crippen LogP contribution >= 0.6 is 0 Å². The van der Waals surface area contributed by atoms with E-state index in [-0.39, 0.29) is 28.3 Å². The summed E-state index contributed by atoms with van der Waals surface area (Å²) >= 11 is 0. The van der Waals surface area contributed by atoms with Crippen molar-refractivity contribution in [1.29, 1.82) is 0 Å². The highest BCUT2D eigenvalue weighted by molar-refractivity contribution is 7.90. The molecule has 0 bridgehead atoms. The molecule has 2 aliphatic carbocycles. The number of piperazine rings is 1. The number of nitrogens with one attached hydrogen (secondary N) is 3. The average Bonchev–Trinajstić information content (AvgIpc) is 3.86. The molecule has 73 heavy (non-hydrogen) atoms. The number of benzene rings is 4. The molecule has 16 nitrogen and oxygen atoms in total. The lowest BCUT2D eigenvalue weighted by molar-refractivity contribution is -0.384. The molecule has 17 heteroatoms. The number of ether oxygens (including phenoxy) is 2. The molecule has 2 saturated heterocycles. The number of nitro groups is 1. The highest BCUT2D eigenvalue weighted by Crippen LogP contribution is 2.53. The second-order valence-corrected chi connectivity index (χ2v) is 22.7. The molecule has 1 atom stereocenters. The number of hydrogen-bond acceptors (Lipinski definition) is 13. The molecule has 384 valence electrons. The van der Waals surface area contributed by atoms with E-state index in [2.05, 4.69) is 78.0 Å². The Morgan fingerprint density at radius 1 is 0.932 bits per heavy atom. The van der Waals surface area contributed by atoms with Gasteiger partial charge in [-0.15, -0.1) is 0 Å². The number of rotatable bonds is 16. The number of nitrogens with zero attached hydrogens (tertiary/aromatic N) is 5. The van der Waals surface area contributed by atoms with Crippen LogP contribution in [0.2, 0.25) is 0 Å². The fourth-order valence-corrected chi connectivity index (χ4v) is 12.7.